The van der Waals surface area contributed by atoms with Gasteiger partial charge >= 0.3 is 6.09 Å². The molecule has 0 N–H and O–H groups in total. The Hall–Kier alpha value is -0.420. The maximum Gasteiger partial charge on any atom is 0.410 e. The first-order valence-corrected chi connectivity index (χ1v) is 7.18. The highest BCUT2D eigenvalue weighted by molar-refractivity contribution is 7.80. The topological polar surface area (TPSA) is 32.8 Å². The average molecular weight is 272 g/mol. The minimum Gasteiger partial charge on any atom is -0.444 e. The molecule has 1 saturated heterocycles. The molecule has 104 valence electrons. The molecular weight excluding hydrogens is 248 g/mol. The molecule has 2 rings (SSSR count). The van der Waals surface area contributed by atoms with Gasteiger partial charge in [0.15, 0.2) is 0 Å². The summed E-state index contributed by atoms with van der Waals surface area (Å²) in [6, 6.07) is 0. The summed E-state index contributed by atoms with van der Waals surface area (Å²) in [5.74, 6) is 0. The van der Waals surface area contributed by atoms with E-state index in [-0.39, 0.29) is 17.0 Å². The zero-order valence-electron chi connectivity index (χ0n) is 11.8. The van der Waals surface area contributed by atoms with Crippen molar-refractivity contribution in [3.05, 3.63) is 0 Å². The van der Waals surface area contributed by atoms with Gasteiger partial charge in [-0.25, -0.2) is 4.79 Å². The molecule has 2 fully saturated rings. The second kappa shape index (κ2) is 4.60. The molecule has 0 aromatic heterocycles. The highest BCUT2D eigenvalue weighted by atomic mass is 32.1. The SMILES string of the molecule is CC(S)N1CCN(C(=O)OC(C)(C)C)C2(CC2)C1. The van der Waals surface area contributed by atoms with Gasteiger partial charge in [-0.05, 0) is 40.5 Å². The zero-order valence-corrected chi connectivity index (χ0v) is 12.7. The van der Waals surface area contributed by atoms with E-state index >= 15 is 0 Å². The normalized spacial score (nSPS) is 25.1. The summed E-state index contributed by atoms with van der Waals surface area (Å²) in [5.41, 5.74) is -0.390. The summed E-state index contributed by atoms with van der Waals surface area (Å²) in [5, 5.41) is 0.253. The first-order chi connectivity index (χ1) is 8.23. The van der Waals surface area contributed by atoms with Crippen LogP contribution in [-0.4, -0.2) is 52.0 Å². The number of nitrogens with zero attached hydrogens (tertiary/aromatic N) is 2. The Morgan fingerprint density at radius 1 is 1.33 bits per heavy atom. The summed E-state index contributed by atoms with van der Waals surface area (Å²) in [6.45, 7) is 10.4. The van der Waals surface area contributed by atoms with E-state index in [0.717, 1.165) is 32.5 Å². The molecule has 18 heavy (non-hydrogen) atoms. The molecular formula is C13H24N2O2S. The van der Waals surface area contributed by atoms with Gasteiger partial charge in [-0.2, -0.15) is 12.6 Å². The van der Waals surface area contributed by atoms with Gasteiger partial charge in [-0.15, -0.1) is 0 Å². The van der Waals surface area contributed by atoms with Crippen LogP contribution in [0.1, 0.15) is 40.5 Å². The number of piperazine rings is 1. The fourth-order valence-corrected chi connectivity index (χ4v) is 2.70. The van der Waals surface area contributed by atoms with Crippen molar-refractivity contribution in [3.63, 3.8) is 0 Å². The molecule has 1 spiro atoms. The molecule has 5 heteroatoms. The molecule has 1 saturated carbocycles. The zero-order chi connectivity index (χ0) is 13.6. The summed E-state index contributed by atoms with van der Waals surface area (Å²) in [4.78, 5) is 16.5. The molecule has 1 aliphatic carbocycles. The first kappa shape index (κ1) is 14.0. The quantitative estimate of drug-likeness (QED) is 0.744. The Morgan fingerprint density at radius 3 is 2.39 bits per heavy atom. The van der Waals surface area contributed by atoms with E-state index < -0.39 is 5.60 Å². The van der Waals surface area contributed by atoms with Crippen LogP contribution in [0.15, 0.2) is 0 Å². The molecule has 0 aromatic carbocycles. The molecule has 1 heterocycles. The van der Waals surface area contributed by atoms with Gasteiger partial charge < -0.3 is 4.74 Å². The van der Waals surface area contributed by atoms with Crippen molar-refractivity contribution in [3.8, 4) is 0 Å². The number of hydrogen-bond donors (Lipinski definition) is 1. The number of amides is 1. The summed E-state index contributed by atoms with van der Waals surface area (Å²) in [7, 11) is 0. The monoisotopic (exact) mass is 272 g/mol. The Balaban J connectivity index is 2.01. The minimum absolute atomic E-state index is 0.0254. The third kappa shape index (κ3) is 2.94. The van der Waals surface area contributed by atoms with E-state index in [1.54, 1.807) is 0 Å². The second-order valence-corrected chi connectivity index (χ2v) is 7.21. The van der Waals surface area contributed by atoms with Gasteiger partial charge in [0.05, 0.1) is 10.9 Å². The lowest BCUT2D eigenvalue weighted by molar-refractivity contribution is -0.00774. The fourth-order valence-electron chi connectivity index (χ4n) is 2.50. The molecule has 0 aromatic rings. The molecule has 1 aliphatic heterocycles. The van der Waals surface area contributed by atoms with Gasteiger partial charge in [-0.3, -0.25) is 9.80 Å². The van der Waals surface area contributed by atoms with Crippen molar-refractivity contribution < 1.29 is 9.53 Å². The molecule has 0 radical (unpaired) electrons. The highest BCUT2D eigenvalue weighted by Gasteiger charge is 2.54. The Kier molecular flexibility index (Phi) is 3.58. The van der Waals surface area contributed by atoms with E-state index in [4.69, 9.17) is 4.74 Å². The van der Waals surface area contributed by atoms with Crippen LogP contribution in [0.5, 0.6) is 0 Å². The predicted molar refractivity (Wildman–Crippen MR) is 74.9 cm³/mol. The summed E-state index contributed by atoms with van der Waals surface area (Å²) >= 11 is 4.49. The maximum atomic E-state index is 12.2. The minimum atomic E-state index is -0.416. The summed E-state index contributed by atoms with van der Waals surface area (Å²) < 4.78 is 5.50. The Morgan fingerprint density at radius 2 is 1.94 bits per heavy atom. The largest absolute Gasteiger partial charge is 0.444 e. The number of carbonyl (C=O) groups excluding carboxylic acids is 1. The van der Waals surface area contributed by atoms with E-state index in [2.05, 4.69) is 24.5 Å². The van der Waals surface area contributed by atoms with Crippen LogP contribution in [0.3, 0.4) is 0 Å². The van der Waals surface area contributed by atoms with E-state index in [0.29, 0.717) is 0 Å². The Bertz CT molecular complexity index is 334. The first-order valence-electron chi connectivity index (χ1n) is 6.66. The van der Waals surface area contributed by atoms with Crippen LogP contribution in [0.2, 0.25) is 0 Å². The van der Waals surface area contributed by atoms with Crippen molar-refractivity contribution in [1.29, 1.82) is 0 Å². The van der Waals surface area contributed by atoms with E-state index in [1.165, 1.54) is 0 Å². The van der Waals surface area contributed by atoms with Gasteiger partial charge in [-0.1, -0.05) is 0 Å². The van der Waals surface area contributed by atoms with Crippen molar-refractivity contribution in [2.45, 2.75) is 57.1 Å². The lowest BCUT2D eigenvalue weighted by Crippen LogP contribution is -2.58. The summed E-state index contributed by atoms with van der Waals surface area (Å²) in [6.07, 6.45) is 2.01. The lowest BCUT2D eigenvalue weighted by atomic mass is 10.1. The maximum absolute atomic E-state index is 12.2. The average Bonchev–Trinajstić information content (AvgIpc) is 2.95. The van der Waals surface area contributed by atoms with Gasteiger partial charge in [0.2, 0.25) is 0 Å². The highest BCUT2D eigenvalue weighted by Crippen LogP contribution is 2.45. The number of thiol groups is 1. The third-order valence-electron chi connectivity index (χ3n) is 3.65. The van der Waals surface area contributed by atoms with Crippen LogP contribution in [-0.2, 0) is 4.74 Å². The van der Waals surface area contributed by atoms with Crippen molar-refractivity contribution >= 4 is 18.7 Å². The van der Waals surface area contributed by atoms with Gasteiger partial charge in [0.25, 0.3) is 0 Å². The second-order valence-electron chi connectivity index (χ2n) is 6.46. The van der Waals surface area contributed by atoms with Gasteiger partial charge in [0.1, 0.15) is 5.60 Å². The van der Waals surface area contributed by atoms with Crippen molar-refractivity contribution in [1.82, 2.24) is 9.80 Å². The molecule has 0 bridgehead atoms. The van der Waals surface area contributed by atoms with Crippen LogP contribution in [0.4, 0.5) is 4.79 Å². The smallest absolute Gasteiger partial charge is 0.410 e. The lowest BCUT2D eigenvalue weighted by Gasteiger charge is -2.43. The van der Waals surface area contributed by atoms with E-state index in [9.17, 15) is 4.79 Å². The number of ether oxygens (including phenoxy) is 1. The predicted octanol–water partition coefficient (Wildman–Crippen LogP) is 2.35. The molecule has 2 aliphatic rings. The molecule has 1 atom stereocenters. The van der Waals surface area contributed by atoms with Crippen LogP contribution in [0, 0.1) is 0 Å². The molecule has 4 nitrogen and oxygen atoms in total. The van der Waals surface area contributed by atoms with Crippen molar-refractivity contribution in [2.24, 2.45) is 0 Å². The van der Waals surface area contributed by atoms with Crippen LogP contribution >= 0.6 is 12.6 Å². The van der Waals surface area contributed by atoms with Crippen molar-refractivity contribution in [2.75, 3.05) is 19.6 Å². The number of hydrogen-bond acceptors (Lipinski definition) is 4. The van der Waals surface area contributed by atoms with Gasteiger partial charge in [0, 0.05) is 19.6 Å². The third-order valence-corrected chi connectivity index (χ3v) is 3.98. The van der Waals surface area contributed by atoms with Crippen LogP contribution < -0.4 is 0 Å². The number of rotatable bonds is 1. The fraction of sp³-hybridized carbons (Fsp3) is 0.923. The number of carbonyl (C=O) groups is 1. The molecule has 1 amide bonds. The standard InChI is InChI=1S/C13H24N2O2S/c1-10(18)14-7-8-15(13(9-14)5-6-13)11(16)17-12(2,3)4/h10,18H,5-9H2,1-4H3. The molecule has 1 unspecified atom stereocenters. The van der Waals surface area contributed by atoms with Crippen LogP contribution in [0.25, 0.3) is 0 Å². The van der Waals surface area contributed by atoms with E-state index in [1.807, 2.05) is 25.7 Å². The Labute approximate surface area is 115 Å².